The number of hydrogen-bond donors (Lipinski definition) is 0. The van der Waals surface area contributed by atoms with Crippen LogP contribution in [-0.4, -0.2) is 55.7 Å². The van der Waals surface area contributed by atoms with Crippen molar-refractivity contribution in [3.8, 4) is 0 Å². The maximum absolute atomic E-state index is 10.7. The van der Waals surface area contributed by atoms with Crippen LogP contribution in [0, 0.1) is 0 Å². The molecule has 0 aliphatic heterocycles. The van der Waals surface area contributed by atoms with Gasteiger partial charge in [0.15, 0.2) is 0 Å². The first-order valence-corrected chi connectivity index (χ1v) is 14.2. The summed E-state index contributed by atoms with van der Waals surface area (Å²) < 4.78 is 14.6. The van der Waals surface area contributed by atoms with E-state index in [1.165, 1.54) is 0 Å². The largest absolute Gasteiger partial charge is 3.00 e. The van der Waals surface area contributed by atoms with Crippen molar-refractivity contribution in [2.75, 3.05) is 38.3 Å². The van der Waals surface area contributed by atoms with Gasteiger partial charge in [-0.15, -0.1) is 0 Å². The summed E-state index contributed by atoms with van der Waals surface area (Å²) in [6.45, 7) is 13.5. The van der Waals surface area contributed by atoms with Crippen molar-refractivity contribution in [3.05, 3.63) is 0 Å². The van der Waals surface area contributed by atoms with Crippen molar-refractivity contribution in [1.29, 1.82) is 0 Å². The maximum Gasteiger partial charge on any atom is 3.00 e. The quantitative estimate of drug-likeness (QED) is 0.262. The van der Waals surface area contributed by atoms with E-state index in [2.05, 4.69) is 20.8 Å². The molecule has 0 saturated heterocycles. The summed E-state index contributed by atoms with van der Waals surface area (Å²) >= 11 is 0. The molecule has 0 fully saturated rings. The van der Waals surface area contributed by atoms with Crippen LogP contribution in [0.25, 0.3) is 0 Å². The molecule has 0 spiro atoms. The molecule has 0 N–H and O–H groups in total. The van der Waals surface area contributed by atoms with E-state index in [1.54, 1.807) is 0 Å². The van der Waals surface area contributed by atoms with E-state index in [9.17, 15) is 14.7 Å². The second-order valence-corrected chi connectivity index (χ2v) is 9.60. The van der Waals surface area contributed by atoms with E-state index >= 15 is 0 Å². The molecule has 0 aromatic rings. The van der Waals surface area contributed by atoms with Gasteiger partial charge in [0, 0.05) is 19.8 Å². The summed E-state index contributed by atoms with van der Waals surface area (Å²) in [6.07, 6.45) is 8.47. The monoisotopic (exact) mass is 474 g/mol. The zero-order valence-corrected chi connectivity index (χ0v) is 22.7. The molecule has 0 saturated carbocycles. The second-order valence-electron chi connectivity index (χ2n) is 5.48. The van der Waals surface area contributed by atoms with Gasteiger partial charge in [-0.05, 0) is 58.5 Å². The molecule has 28 heavy (non-hydrogen) atoms. The smallest absolute Gasteiger partial charge is 0.808 e. The van der Waals surface area contributed by atoms with Crippen LogP contribution in [0.1, 0.15) is 80.1 Å². The first kappa shape index (κ1) is 36.9. The van der Waals surface area contributed by atoms with Crippen LogP contribution < -0.4 is 14.7 Å². The fraction of sp³-hybridized carbons (Fsp3) is 1.00. The summed E-state index contributed by atoms with van der Waals surface area (Å²) in [5.41, 5.74) is 0. The van der Waals surface area contributed by atoms with Gasteiger partial charge < -0.3 is 28.3 Å². The van der Waals surface area contributed by atoms with Gasteiger partial charge in [-0.1, -0.05) is 65.2 Å². The van der Waals surface area contributed by atoms with E-state index in [4.69, 9.17) is 13.6 Å². The van der Waals surface area contributed by atoms with Gasteiger partial charge in [0.1, 0.15) is 0 Å². The topological polar surface area (TPSA) is 96.9 Å². The molecule has 0 rings (SSSR count). The standard InChI is InChI=1S/3C6H14O2P.Al/c3*1-3-5-6-9(7)8-4-2;/h3*3-6H2,1-2H3;/q3*-1;+3. The van der Waals surface area contributed by atoms with Gasteiger partial charge in [-0.3, -0.25) is 0 Å². The molecular formula is C18H42AlO6P3. The Hall–Kier alpha value is 1.58. The first-order chi connectivity index (χ1) is 12.9. The van der Waals surface area contributed by atoms with E-state index in [1.807, 2.05) is 20.8 Å². The first-order valence-electron chi connectivity index (χ1n) is 10.2. The van der Waals surface area contributed by atoms with Crippen LogP contribution in [0.2, 0.25) is 0 Å². The molecule has 6 nitrogen and oxygen atoms in total. The minimum atomic E-state index is -1.34. The predicted molar refractivity (Wildman–Crippen MR) is 121 cm³/mol. The Kier molecular flexibility index (Phi) is 43.8. The van der Waals surface area contributed by atoms with Gasteiger partial charge >= 0.3 is 17.4 Å². The summed E-state index contributed by atoms with van der Waals surface area (Å²) in [7, 11) is -4.01. The average molecular weight is 474 g/mol. The minimum Gasteiger partial charge on any atom is -0.808 e. The SMILES string of the molecule is CCCCP([O-])OCC.CCCCP([O-])OCC.CCCCP([O-])OCC.[Al+3]. The molecule has 0 aliphatic rings. The van der Waals surface area contributed by atoms with Gasteiger partial charge in [0.05, 0.1) is 0 Å². The van der Waals surface area contributed by atoms with Crippen molar-refractivity contribution in [3.63, 3.8) is 0 Å². The molecular weight excluding hydrogens is 432 g/mol. The van der Waals surface area contributed by atoms with Gasteiger partial charge in [0.2, 0.25) is 0 Å². The molecule has 3 atom stereocenters. The molecule has 168 valence electrons. The van der Waals surface area contributed by atoms with Crippen molar-refractivity contribution in [1.82, 2.24) is 0 Å². The fourth-order valence-electron chi connectivity index (χ4n) is 1.49. The average Bonchev–Trinajstić information content (AvgIpc) is 2.65. The third kappa shape index (κ3) is 38.2. The summed E-state index contributed by atoms with van der Waals surface area (Å²) in [4.78, 5) is 32.2. The predicted octanol–water partition coefficient (Wildman–Crippen LogP) is 4.10. The van der Waals surface area contributed by atoms with Crippen molar-refractivity contribution >= 4 is 42.5 Å². The van der Waals surface area contributed by atoms with Crippen LogP contribution in [0.3, 0.4) is 0 Å². The summed E-state index contributed by atoms with van der Waals surface area (Å²) in [6, 6.07) is 0. The van der Waals surface area contributed by atoms with E-state index in [-0.39, 0.29) is 17.4 Å². The van der Waals surface area contributed by atoms with Crippen molar-refractivity contribution < 1.29 is 28.3 Å². The Bertz CT molecular complexity index is 221. The molecule has 0 amide bonds. The van der Waals surface area contributed by atoms with Crippen LogP contribution in [0.5, 0.6) is 0 Å². The number of unbranched alkanes of at least 4 members (excludes halogenated alkanes) is 3. The number of hydrogen-bond acceptors (Lipinski definition) is 6. The minimum absolute atomic E-state index is 0. The molecule has 0 radical (unpaired) electrons. The fourth-order valence-corrected chi connectivity index (χ4v) is 4.46. The summed E-state index contributed by atoms with van der Waals surface area (Å²) in [5, 5.41) is 0. The zero-order valence-electron chi connectivity index (χ0n) is 18.9. The summed E-state index contributed by atoms with van der Waals surface area (Å²) in [5.74, 6) is 0. The third-order valence-corrected chi connectivity index (χ3v) is 6.58. The molecule has 0 aliphatic carbocycles. The Balaban J connectivity index is -0.000000152. The van der Waals surface area contributed by atoms with E-state index in [0.29, 0.717) is 19.8 Å². The maximum atomic E-state index is 10.7. The van der Waals surface area contributed by atoms with Gasteiger partial charge in [-0.2, -0.15) is 0 Å². The van der Waals surface area contributed by atoms with Gasteiger partial charge in [0.25, 0.3) is 0 Å². The molecule has 0 aromatic carbocycles. The van der Waals surface area contributed by atoms with E-state index in [0.717, 1.165) is 57.0 Å². The molecule has 3 unspecified atom stereocenters. The van der Waals surface area contributed by atoms with Crippen LogP contribution in [0.15, 0.2) is 0 Å². The normalized spacial score (nSPS) is 13.2. The second kappa shape index (κ2) is 33.2. The Morgan fingerprint density at radius 3 is 0.857 bits per heavy atom. The zero-order chi connectivity index (χ0) is 21.3. The van der Waals surface area contributed by atoms with Crippen molar-refractivity contribution in [2.45, 2.75) is 80.1 Å². The molecule has 0 aromatic heterocycles. The molecule has 0 heterocycles. The molecule has 10 heteroatoms. The third-order valence-electron chi connectivity index (χ3n) is 2.90. The van der Waals surface area contributed by atoms with Crippen LogP contribution in [-0.2, 0) is 13.6 Å². The Morgan fingerprint density at radius 1 is 0.500 bits per heavy atom. The molecule has 0 bridgehead atoms. The van der Waals surface area contributed by atoms with E-state index < -0.39 is 25.1 Å². The Morgan fingerprint density at radius 2 is 0.714 bits per heavy atom. The van der Waals surface area contributed by atoms with Gasteiger partial charge in [-0.25, -0.2) is 0 Å². The van der Waals surface area contributed by atoms with Crippen LogP contribution in [0.4, 0.5) is 0 Å². The van der Waals surface area contributed by atoms with Crippen LogP contribution >= 0.6 is 25.1 Å². The van der Waals surface area contributed by atoms with Crippen molar-refractivity contribution in [2.24, 2.45) is 0 Å². The Labute approximate surface area is 189 Å². The number of rotatable bonds is 15.